The first-order chi connectivity index (χ1) is 18.8. The third kappa shape index (κ3) is 3.62. The first-order valence-corrected chi connectivity index (χ1v) is 13.1. The lowest BCUT2D eigenvalue weighted by Gasteiger charge is -2.16. The van der Waals surface area contributed by atoms with E-state index >= 15 is 0 Å². The van der Waals surface area contributed by atoms with Gasteiger partial charge in [-0.25, -0.2) is 0 Å². The average molecular weight is 483 g/mol. The van der Waals surface area contributed by atoms with Gasteiger partial charge in [0.25, 0.3) is 0 Å². The largest absolute Gasteiger partial charge is 0.0991 e. The summed E-state index contributed by atoms with van der Waals surface area (Å²) in [4.78, 5) is 0. The van der Waals surface area contributed by atoms with Crippen molar-refractivity contribution in [2.24, 2.45) is 0 Å². The average Bonchev–Trinajstić information content (AvgIpc) is 2.97. The standard InChI is InChI=1S/C38H26/c1-2-3-4-5-14-32-33-15-8-10-17-35(33)38(36-18-11-9-16-34(32)36)30-21-22-31-28(24-30)19-20-29-23-26-12-6-7-13-27(26)25-37(29)31/h2-25H,1H2/b4-3-,14-5+. The summed E-state index contributed by atoms with van der Waals surface area (Å²) in [6.07, 6.45) is 10.1. The Bertz CT molecular complexity index is 2030. The molecule has 7 aromatic rings. The predicted octanol–water partition coefficient (Wildman–Crippen LogP) is 10.9. The van der Waals surface area contributed by atoms with Gasteiger partial charge in [-0.05, 0) is 88.8 Å². The monoisotopic (exact) mass is 482 g/mol. The van der Waals surface area contributed by atoms with Crippen molar-refractivity contribution in [3.8, 4) is 11.1 Å². The second kappa shape index (κ2) is 9.18. The maximum absolute atomic E-state index is 3.78. The second-order valence-electron chi connectivity index (χ2n) is 9.78. The normalized spacial score (nSPS) is 12.1. The number of rotatable bonds is 4. The van der Waals surface area contributed by atoms with Gasteiger partial charge < -0.3 is 0 Å². The summed E-state index contributed by atoms with van der Waals surface area (Å²) in [6.45, 7) is 3.78. The molecule has 7 rings (SSSR count). The molecule has 38 heavy (non-hydrogen) atoms. The minimum absolute atomic E-state index is 1.24. The lowest BCUT2D eigenvalue weighted by molar-refractivity contribution is 1.70. The van der Waals surface area contributed by atoms with Gasteiger partial charge in [0, 0.05) is 0 Å². The van der Waals surface area contributed by atoms with Crippen molar-refractivity contribution in [3.63, 3.8) is 0 Å². The predicted molar refractivity (Wildman–Crippen MR) is 168 cm³/mol. The zero-order valence-corrected chi connectivity index (χ0v) is 21.1. The Kier molecular flexibility index (Phi) is 5.38. The number of allylic oxidation sites excluding steroid dienone is 4. The van der Waals surface area contributed by atoms with E-state index in [1.54, 1.807) is 6.08 Å². The van der Waals surface area contributed by atoms with E-state index in [0.29, 0.717) is 0 Å². The molecule has 0 saturated heterocycles. The van der Waals surface area contributed by atoms with Crippen LogP contribution in [-0.2, 0) is 0 Å². The van der Waals surface area contributed by atoms with Crippen LogP contribution in [0.4, 0.5) is 0 Å². The van der Waals surface area contributed by atoms with Gasteiger partial charge in [-0.1, -0.05) is 134 Å². The first kappa shape index (κ1) is 22.3. The van der Waals surface area contributed by atoms with Gasteiger partial charge in [0.2, 0.25) is 0 Å². The van der Waals surface area contributed by atoms with Crippen molar-refractivity contribution in [3.05, 3.63) is 152 Å². The lowest BCUT2D eigenvalue weighted by atomic mass is 9.87. The van der Waals surface area contributed by atoms with E-state index in [4.69, 9.17) is 0 Å². The molecule has 178 valence electrons. The molecule has 0 aromatic heterocycles. The fourth-order valence-corrected chi connectivity index (χ4v) is 5.86. The molecule has 0 aliphatic heterocycles. The van der Waals surface area contributed by atoms with E-state index in [2.05, 4.69) is 134 Å². The molecule has 0 N–H and O–H groups in total. The van der Waals surface area contributed by atoms with Crippen molar-refractivity contribution in [2.45, 2.75) is 0 Å². The van der Waals surface area contributed by atoms with Gasteiger partial charge in [0.1, 0.15) is 0 Å². The SMILES string of the molecule is C=C/C=C\C=C\c1c2ccccc2c(-c2ccc3c(ccc4cc5ccccc5cc43)c2)c2ccccc12. The second-order valence-corrected chi connectivity index (χ2v) is 9.78. The van der Waals surface area contributed by atoms with Gasteiger partial charge in [-0.2, -0.15) is 0 Å². The van der Waals surface area contributed by atoms with Crippen molar-refractivity contribution in [2.75, 3.05) is 0 Å². The van der Waals surface area contributed by atoms with Crippen LogP contribution in [0.1, 0.15) is 5.56 Å². The molecule has 0 atom stereocenters. The Balaban J connectivity index is 1.50. The summed E-state index contributed by atoms with van der Waals surface area (Å²) in [5.41, 5.74) is 3.77. The first-order valence-electron chi connectivity index (χ1n) is 13.1. The third-order valence-electron chi connectivity index (χ3n) is 7.59. The van der Waals surface area contributed by atoms with E-state index in [-0.39, 0.29) is 0 Å². The van der Waals surface area contributed by atoms with Crippen LogP contribution in [0.5, 0.6) is 0 Å². The van der Waals surface area contributed by atoms with Crippen LogP contribution >= 0.6 is 0 Å². The zero-order chi connectivity index (χ0) is 25.5. The van der Waals surface area contributed by atoms with Gasteiger partial charge in [0.15, 0.2) is 0 Å². The highest BCUT2D eigenvalue weighted by Gasteiger charge is 2.14. The van der Waals surface area contributed by atoms with Gasteiger partial charge in [-0.15, -0.1) is 0 Å². The summed E-state index contributed by atoms with van der Waals surface area (Å²) in [5.74, 6) is 0. The van der Waals surface area contributed by atoms with Crippen molar-refractivity contribution in [1.82, 2.24) is 0 Å². The fraction of sp³-hybridized carbons (Fsp3) is 0. The van der Waals surface area contributed by atoms with E-state index in [1.807, 2.05) is 12.2 Å². The highest BCUT2D eigenvalue weighted by molar-refractivity contribution is 6.19. The molecule has 7 aromatic carbocycles. The highest BCUT2D eigenvalue weighted by atomic mass is 14.2. The molecule has 0 nitrogen and oxygen atoms in total. The molecule has 0 bridgehead atoms. The van der Waals surface area contributed by atoms with Crippen molar-refractivity contribution >= 4 is 59.9 Å². The molecule has 0 aliphatic rings. The molecular formula is C38H26. The van der Waals surface area contributed by atoms with Crippen LogP contribution in [-0.4, -0.2) is 0 Å². The van der Waals surface area contributed by atoms with E-state index < -0.39 is 0 Å². The van der Waals surface area contributed by atoms with Crippen LogP contribution in [0, 0.1) is 0 Å². The number of benzene rings is 7. The Labute approximate surface area is 222 Å². The maximum atomic E-state index is 3.78. The van der Waals surface area contributed by atoms with E-state index in [0.717, 1.165) is 0 Å². The van der Waals surface area contributed by atoms with E-state index in [9.17, 15) is 0 Å². The quantitative estimate of drug-likeness (QED) is 0.133. The molecule has 0 unspecified atom stereocenters. The summed E-state index contributed by atoms with van der Waals surface area (Å²) >= 11 is 0. The minimum atomic E-state index is 1.24. The summed E-state index contributed by atoms with van der Waals surface area (Å²) < 4.78 is 0. The maximum Gasteiger partial charge on any atom is -0.00262 e. The molecule has 0 spiro atoms. The van der Waals surface area contributed by atoms with Crippen LogP contribution in [0.25, 0.3) is 71.1 Å². The third-order valence-corrected chi connectivity index (χ3v) is 7.59. The highest BCUT2D eigenvalue weighted by Crippen LogP contribution is 2.41. The summed E-state index contributed by atoms with van der Waals surface area (Å²) in [7, 11) is 0. The molecule has 0 radical (unpaired) electrons. The molecule has 0 amide bonds. The Morgan fingerprint density at radius 3 is 1.71 bits per heavy atom. The Morgan fingerprint density at radius 2 is 1.03 bits per heavy atom. The summed E-state index contributed by atoms with van der Waals surface area (Å²) in [5, 5.41) is 12.7. The Morgan fingerprint density at radius 1 is 0.421 bits per heavy atom. The Hall–Kier alpha value is -4.94. The smallest absolute Gasteiger partial charge is 0.00262 e. The number of hydrogen-bond acceptors (Lipinski definition) is 0. The molecular weight excluding hydrogens is 456 g/mol. The molecule has 0 saturated carbocycles. The zero-order valence-electron chi connectivity index (χ0n) is 21.1. The van der Waals surface area contributed by atoms with Gasteiger partial charge >= 0.3 is 0 Å². The molecule has 0 fully saturated rings. The fourth-order valence-electron chi connectivity index (χ4n) is 5.86. The number of fused-ring (bicyclic) bond motifs is 6. The lowest BCUT2D eigenvalue weighted by Crippen LogP contribution is -1.90. The van der Waals surface area contributed by atoms with Gasteiger partial charge in [0.05, 0.1) is 0 Å². The molecule has 0 heterocycles. The molecule has 0 heteroatoms. The topological polar surface area (TPSA) is 0 Å². The van der Waals surface area contributed by atoms with Crippen molar-refractivity contribution in [1.29, 1.82) is 0 Å². The molecule has 0 aliphatic carbocycles. The minimum Gasteiger partial charge on any atom is -0.0991 e. The van der Waals surface area contributed by atoms with Crippen LogP contribution in [0.3, 0.4) is 0 Å². The van der Waals surface area contributed by atoms with Crippen LogP contribution in [0.15, 0.2) is 146 Å². The van der Waals surface area contributed by atoms with Crippen molar-refractivity contribution < 1.29 is 0 Å². The van der Waals surface area contributed by atoms with E-state index in [1.165, 1.54) is 70.6 Å². The van der Waals surface area contributed by atoms with Crippen LogP contribution in [0.2, 0.25) is 0 Å². The summed E-state index contributed by atoms with van der Waals surface area (Å²) in [6, 6.07) is 42.3. The van der Waals surface area contributed by atoms with Gasteiger partial charge in [-0.3, -0.25) is 0 Å². The number of hydrogen-bond donors (Lipinski definition) is 0. The van der Waals surface area contributed by atoms with Crippen LogP contribution < -0.4 is 0 Å².